The second-order valence-electron chi connectivity index (χ2n) is 8.82. The molecular formula is C19H28N6O2. The van der Waals surface area contributed by atoms with Gasteiger partial charge in [-0.1, -0.05) is 13.8 Å². The fourth-order valence-corrected chi connectivity index (χ4v) is 5.27. The molecule has 0 spiro atoms. The number of rotatable bonds is 4. The molecule has 1 aromatic heterocycles. The first-order valence-electron chi connectivity index (χ1n) is 9.64. The quantitative estimate of drug-likeness (QED) is 0.797. The van der Waals surface area contributed by atoms with Crippen LogP contribution in [0.4, 0.5) is 5.95 Å². The Kier molecular flexibility index (Phi) is 4.33. The molecule has 2 atom stereocenters. The van der Waals surface area contributed by atoms with Crippen molar-refractivity contribution < 1.29 is 9.59 Å². The molecule has 3 heterocycles. The number of primary amides is 1. The van der Waals surface area contributed by atoms with Gasteiger partial charge in [0.25, 0.3) is 0 Å². The molecule has 3 fully saturated rings. The topological polar surface area (TPSA) is 95.7 Å². The minimum atomic E-state index is -0.511. The van der Waals surface area contributed by atoms with Crippen molar-refractivity contribution in [2.24, 2.45) is 22.5 Å². The maximum absolute atomic E-state index is 12.9. The standard InChI is InChI=1S/C19H28N6O2/c1-18(2)12-19(16(20)27)13-25(10-14(18)19)15(26)11-23-6-8-24(9-7-23)17-21-4-3-5-22-17/h3-5,14H,6-13H2,1-2H3,(H2,20,27)/t14-,19+/m1/s1. The number of anilines is 1. The predicted octanol–water partition coefficient (Wildman–Crippen LogP) is -0.0414. The molecule has 2 saturated heterocycles. The predicted molar refractivity (Wildman–Crippen MR) is 101 cm³/mol. The van der Waals surface area contributed by atoms with E-state index in [9.17, 15) is 9.59 Å². The lowest BCUT2D eigenvalue weighted by Gasteiger charge is -2.54. The Balaban J connectivity index is 1.32. The summed E-state index contributed by atoms with van der Waals surface area (Å²) in [5.41, 5.74) is 5.27. The first-order chi connectivity index (χ1) is 12.8. The third kappa shape index (κ3) is 3.05. The zero-order chi connectivity index (χ0) is 19.2. The van der Waals surface area contributed by atoms with Gasteiger partial charge in [-0.3, -0.25) is 14.5 Å². The van der Waals surface area contributed by atoms with Gasteiger partial charge in [-0.25, -0.2) is 9.97 Å². The summed E-state index contributed by atoms with van der Waals surface area (Å²) in [4.78, 5) is 39.7. The Morgan fingerprint density at radius 2 is 1.85 bits per heavy atom. The molecule has 2 amide bonds. The maximum Gasteiger partial charge on any atom is 0.236 e. The molecule has 3 aliphatic rings. The highest BCUT2D eigenvalue weighted by Crippen LogP contribution is 2.62. The van der Waals surface area contributed by atoms with E-state index in [1.807, 2.05) is 11.0 Å². The van der Waals surface area contributed by atoms with Gasteiger partial charge in [0.05, 0.1) is 12.0 Å². The molecule has 4 rings (SSSR count). The first kappa shape index (κ1) is 18.2. The van der Waals surface area contributed by atoms with Crippen molar-refractivity contribution >= 4 is 17.8 Å². The number of carbonyl (C=O) groups excluding carboxylic acids is 2. The van der Waals surface area contributed by atoms with Crippen molar-refractivity contribution in [2.75, 3.05) is 50.7 Å². The third-order valence-corrected chi connectivity index (χ3v) is 6.67. The number of fused-ring (bicyclic) bond motifs is 1. The number of likely N-dealkylation sites (tertiary alicyclic amines) is 1. The van der Waals surface area contributed by atoms with Crippen LogP contribution in [0.15, 0.2) is 18.5 Å². The molecule has 1 aliphatic carbocycles. The Morgan fingerprint density at radius 1 is 1.19 bits per heavy atom. The van der Waals surface area contributed by atoms with Crippen LogP contribution in [0.5, 0.6) is 0 Å². The molecule has 0 aromatic carbocycles. The second kappa shape index (κ2) is 6.44. The Bertz CT molecular complexity index is 731. The van der Waals surface area contributed by atoms with Crippen LogP contribution >= 0.6 is 0 Å². The number of nitrogens with zero attached hydrogens (tertiary/aromatic N) is 5. The van der Waals surface area contributed by atoms with Gasteiger partial charge in [0, 0.05) is 51.7 Å². The largest absolute Gasteiger partial charge is 0.369 e. The normalized spacial score (nSPS) is 29.9. The Labute approximate surface area is 159 Å². The highest BCUT2D eigenvalue weighted by atomic mass is 16.2. The molecule has 2 N–H and O–H groups in total. The molecule has 1 saturated carbocycles. The second-order valence-corrected chi connectivity index (χ2v) is 8.82. The van der Waals surface area contributed by atoms with E-state index in [1.165, 1.54) is 0 Å². The number of aromatic nitrogens is 2. The van der Waals surface area contributed by atoms with Gasteiger partial charge in [0.2, 0.25) is 17.8 Å². The van der Waals surface area contributed by atoms with Crippen LogP contribution < -0.4 is 10.6 Å². The average molecular weight is 372 g/mol. The summed E-state index contributed by atoms with van der Waals surface area (Å²) in [6.45, 7) is 9.05. The first-order valence-corrected chi connectivity index (χ1v) is 9.64. The number of carbonyl (C=O) groups is 2. The lowest BCUT2D eigenvalue weighted by atomic mass is 9.48. The van der Waals surface area contributed by atoms with Crippen LogP contribution in [-0.4, -0.2) is 77.4 Å². The fourth-order valence-electron chi connectivity index (χ4n) is 5.27. The molecule has 27 heavy (non-hydrogen) atoms. The maximum atomic E-state index is 12.9. The molecule has 0 bridgehead atoms. The van der Waals surface area contributed by atoms with E-state index in [-0.39, 0.29) is 23.1 Å². The number of amides is 2. The van der Waals surface area contributed by atoms with Crippen molar-refractivity contribution in [3.8, 4) is 0 Å². The minimum absolute atomic E-state index is 0.0748. The Morgan fingerprint density at radius 3 is 2.41 bits per heavy atom. The van der Waals surface area contributed by atoms with E-state index in [2.05, 4.69) is 33.6 Å². The van der Waals surface area contributed by atoms with Crippen LogP contribution in [-0.2, 0) is 9.59 Å². The molecule has 0 radical (unpaired) electrons. The van der Waals surface area contributed by atoms with Gasteiger partial charge in [0.1, 0.15) is 0 Å². The van der Waals surface area contributed by atoms with Gasteiger partial charge >= 0.3 is 0 Å². The van der Waals surface area contributed by atoms with Crippen LogP contribution in [0, 0.1) is 16.7 Å². The van der Waals surface area contributed by atoms with Gasteiger partial charge < -0.3 is 15.5 Å². The van der Waals surface area contributed by atoms with Crippen LogP contribution in [0.1, 0.15) is 20.3 Å². The average Bonchev–Trinajstić information content (AvgIpc) is 2.99. The third-order valence-electron chi connectivity index (χ3n) is 6.67. The van der Waals surface area contributed by atoms with E-state index < -0.39 is 5.41 Å². The monoisotopic (exact) mass is 372 g/mol. The summed E-state index contributed by atoms with van der Waals surface area (Å²) in [7, 11) is 0. The Hall–Kier alpha value is -2.22. The highest BCUT2D eigenvalue weighted by Gasteiger charge is 2.66. The smallest absolute Gasteiger partial charge is 0.236 e. The zero-order valence-electron chi connectivity index (χ0n) is 16.1. The van der Waals surface area contributed by atoms with E-state index in [4.69, 9.17) is 5.73 Å². The molecule has 146 valence electrons. The van der Waals surface area contributed by atoms with Crippen LogP contribution in [0.2, 0.25) is 0 Å². The lowest BCUT2D eigenvalue weighted by Crippen LogP contribution is -2.59. The zero-order valence-corrected chi connectivity index (χ0v) is 16.1. The van der Waals surface area contributed by atoms with Crippen LogP contribution in [0.25, 0.3) is 0 Å². The van der Waals surface area contributed by atoms with Crippen LogP contribution in [0.3, 0.4) is 0 Å². The SMILES string of the molecule is CC1(C)C[C@]2(C(N)=O)CN(C(=O)CN3CCN(c4ncccn4)CC3)C[C@H]12. The molecule has 0 unspecified atom stereocenters. The van der Waals surface area contributed by atoms with Gasteiger partial charge in [-0.2, -0.15) is 0 Å². The summed E-state index contributed by atoms with van der Waals surface area (Å²) < 4.78 is 0. The van der Waals surface area contributed by atoms with Gasteiger partial charge in [-0.15, -0.1) is 0 Å². The van der Waals surface area contributed by atoms with Gasteiger partial charge in [-0.05, 0) is 23.8 Å². The summed E-state index contributed by atoms with van der Waals surface area (Å²) >= 11 is 0. The molecule has 8 nitrogen and oxygen atoms in total. The van der Waals surface area contributed by atoms with Crippen molar-refractivity contribution in [3.05, 3.63) is 18.5 Å². The van der Waals surface area contributed by atoms with Crippen molar-refractivity contribution in [1.82, 2.24) is 19.8 Å². The summed E-state index contributed by atoms with van der Waals surface area (Å²) in [6.07, 6.45) is 4.27. The fraction of sp³-hybridized carbons (Fsp3) is 0.684. The number of hydrogen-bond donors (Lipinski definition) is 1. The van der Waals surface area contributed by atoms with Gasteiger partial charge in [0.15, 0.2) is 0 Å². The molecule has 8 heteroatoms. The van der Waals surface area contributed by atoms with E-state index in [0.29, 0.717) is 19.6 Å². The highest BCUT2D eigenvalue weighted by molar-refractivity contribution is 5.86. The van der Waals surface area contributed by atoms with Crippen molar-refractivity contribution in [3.63, 3.8) is 0 Å². The van der Waals surface area contributed by atoms with E-state index in [0.717, 1.165) is 38.5 Å². The van der Waals surface area contributed by atoms with Crippen molar-refractivity contribution in [2.45, 2.75) is 20.3 Å². The summed E-state index contributed by atoms with van der Waals surface area (Å²) in [5.74, 6) is 0.771. The minimum Gasteiger partial charge on any atom is -0.369 e. The lowest BCUT2D eigenvalue weighted by molar-refractivity contribution is -0.148. The number of piperazine rings is 1. The molecule has 2 aliphatic heterocycles. The van der Waals surface area contributed by atoms with E-state index >= 15 is 0 Å². The number of nitrogens with two attached hydrogens (primary N) is 1. The summed E-state index contributed by atoms with van der Waals surface area (Å²) in [6, 6.07) is 1.81. The number of hydrogen-bond acceptors (Lipinski definition) is 6. The molecular weight excluding hydrogens is 344 g/mol. The van der Waals surface area contributed by atoms with E-state index in [1.54, 1.807) is 12.4 Å². The summed E-state index contributed by atoms with van der Waals surface area (Å²) in [5, 5.41) is 0. The van der Waals surface area contributed by atoms with Crippen molar-refractivity contribution in [1.29, 1.82) is 0 Å². The molecule has 1 aromatic rings.